The molecule has 0 bridgehead atoms. The molecule has 9 heteroatoms. The summed E-state index contributed by atoms with van der Waals surface area (Å²) in [6.07, 6.45) is 16.5. The Labute approximate surface area is 219 Å². The van der Waals surface area contributed by atoms with Crippen LogP contribution in [0.15, 0.2) is 18.2 Å². The van der Waals surface area contributed by atoms with Crippen molar-refractivity contribution in [2.24, 2.45) is 0 Å². The van der Waals surface area contributed by atoms with Crippen molar-refractivity contribution in [1.82, 2.24) is 5.32 Å². The predicted octanol–water partition coefficient (Wildman–Crippen LogP) is 7.03. The lowest BCUT2D eigenvalue weighted by atomic mass is 10.0. The molecular weight excluding hydrogens is 478 g/mol. The third kappa shape index (κ3) is 15.9. The van der Waals surface area contributed by atoms with Crippen molar-refractivity contribution >= 4 is 27.5 Å². The van der Waals surface area contributed by atoms with Crippen molar-refractivity contribution in [2.45, 2.75) is 104 Å². The van der Waals surface area contributed by atoms with Gasteiger partial charge in [0, 0.05) is 11.8 Å². The molecule has 1 aromatic carbocycles. The summed E-state index contributed by atoms with van der Waals surface area (Å²) in [5.41, 5.74) is 0.791. The molecular formula is C27H49N3O5S. The SMILES string of the molecule is CCCCCCCCCCCCCCCCS(=O)(=O)Nc1ccc(NC(=O)OCC)cc1OCNC. The molecule has 1 amide bonds. The van der Waals surface area contributed by atoms with E-state index in [-0.39, 0.29) is 19.1 Å². The molecule has 0 aliphatic rings. The van der Waals surface area contributed by atoms with E-state index in [0.717, 1.165) is 12.8 Å². The van der Waals surface area contributed by atoms with Gasteiger partial charge in [0.2, 0.25) is 10.0 Å². The van der Waals surface area contributed by atoms with Gasteiger partial charge in [-0.25, -0.2) is 13.2 Å². The summed E-state index contributed by atoms with van der Waals surface area (Å²) in [4.78, 5) is 11.7. The Morgan fingerprint density at radius 3 is 1.92 bits per heavy atom. The first kappa shape index (κ1) is 32.0. The fourth-order valence-electron chi connectivity index (χ4n) is 3.94. The van der Waals surface area contributed by atoms with Gasteiger partial charge in [0.05, 0.1) is 18.0 Å². The van der Waals surface area contributed by atoms with Crippen LogP contribution in [0.1, 0.15) is 104 Å². The second-order valence-electron chi connectivity index (χ2n) is 9.22. The Kier molecular flexibility index (Phi) is 17.9. The van der Waals surface area contributed by atoms with Crippen LogP contribution >= 0.6 is 0 Å². The second kappa shape index (κ2) is 20.1. The number of ether oxygens (including phenoxy) is 2. The van der Waals surface area contributed by atoms with Gasteiger partial charge in [0.25, 0.3) is 0 Å². The smallest absolute Gasteiger partial charge is 0.411 e. The summed E-state index contributed by atoms with van der Waals surface area (Å²) in [6.45, 7) is 4.42. The van der Waals surface area contributed by atoms with E-state index < -0.39 is 16.1 Å². The summed E-state index contributed by atoms with van der Waals surface area (Å²) >= 11 is 0. The quantitative estimate of drug-likeness (QED) is 0.110. The minimum absolute atomic E-state index is 0.0688. The molecule has 0 radical (unpaired) electrons. The Balaban J connectivity index is 2.31. The van der Waals surface area contributed by atoms with Crippen LogP contribution < -0.4 is 20.1 Å². The molecule has 0 fully saturated rings. The van der Waals surface area contributed by atoms with Gasteiger partial charge in [0.1, 0.15) is 12.5 Å². The van der Waals surface area contributed by atoms with Crippen molar-refractivity contribution in [3.05, 3.63) is 18.2 Å². The molecule has 1 aromatic rings. The van der Waals surface area contributed by atoms with Crippen molar-refractivity contribution in [3.8, 4) is 5.75 Å². The fourth-order valence-corrected chi connectivity index (χ4v) is 5.13. The molecule has 0 aliphatic heterocycles. The Bertz CT molecular complexity index is 818. The number of carbonyl (C=O) groups excluding carboxylic acids is 1. The minimum Gasteiger partial charge on any atom is -0.476 e. The highest BCUT2D eigenvalue weighted by atomic mass is 32.2. The van der Waals surface area contributed by atoms with Crippen LogP contribution in [-0.2, 0) is 14.8 Å². The molecule has 0 saturated carbocycles. The molecule has 0 heterocycles. The molecule has 0 atom stereocenters. The van der Waals surface area contributed by atoms with Crippen LogP contribution in [0.25, 0.3) is 0 Å². The number of nitrogens with one attached hydrogen (secondary N) is 3. The van der Waals surface area contributed by atoms with Crippen molar-refractivity contribution in [1.29, 1.82) is 0 Å². The summed E-state index contributed by atoms with van der Waals surface area (Å²) < 4.78 is 38.4. The van der Waals surface area contributed by atoms with Crippen LogP contribution in [0.3, 0.4) is 0 Å². The zero-order valence-corrected chi connectivity index (χ0v) is 23.5. The fraction of sp³-hybridized carbons (Fsp3) is 0.741. The third-order valence-corrected chi connectivity index (χ3v) is 7.26. The summed E-state index contributed by atoms with van der Waals surface area (Å²) in [5.74, 6) is 0.391. The normalized spacial score (nSPS) is 11.3. The second-order valence-corrected chi connectivity index (χ2v) is 11.1. The monoisotopic (exact) mass is 527 g/mol. The lowest BCUT2D eigenvalue weighted by Crippen LogP contribution is -2.19. The molecule has 0 unspecified atom stereocenters. The standard InChI is InChI=1S/C27H49N3O5S/c1-4-6-7-8-9-10-11-12-13-14-15-16-17-18-21-36(32,33)30-25-20-19-24(29-27(31)34-5-2)22-26(25)35-23-28-3/h19-20,22,28,30H,4-18,21,23H2,1-3H3,(H,29,31). The van der Waals surface area contributed by atoms with E-state index >= 15 is 0 Å². The van der Waals surface area contributed by atoms with Crippen molar-refractivity contribution < 1.29 is 22.7 Å². The van der Waals surface area contributed by atoms with Crippen LogP contribution in [0.5, 0.6) is 5.75 Å². The van der Waals surface area contributed by atoms with Gasteiger partial charge in [-0.05, 0) is 32.5 Å². The lowest BCUT2D eigenvalue weighted by Gasteiger charge is -2.15. The van der Waals surface area contributed by atoms with Crippen LogP contribution in [0.2, 0.25) is 0 Å². The number of hydrogen-bond acceptors (Lipinski definition) is 6. The largest absolute Gasteiger partial charge is 0.476 e. The van der Waals surface area contributed by atoms with E-state index in [9.17, 15) is 13.2 Å². The van der Waals surface area contributed by atoms with Gasteiger partial charge in [0.15, 0.2) is 0 Å². The van der Waals surface area contributed by atoms with Gasteiger partial charge >= 0.3 is 6.09 Å². The molecule has 208 valence electrons. The average molecular weight is 528 g/mol. The number of unbranched alkanes of at least 4 members (excludes halogenated alkanes) is 13. The van der Waals surface area contributed by atoms with E-state index in [2.05, 4.69) is 22.3 Å². The van der Waals surface area contributed by atoms with E-state index in [0.29, 0.717) is 23.5 Å². The van der Waals surface area contributed by atoms with Crippen LogP contribution in [0, 0.1) is 0 Å². The highest BCUT2D eigenvalue weighted by molar-refractivity contribution is 7.92. The summed E-state index contributed by atoms with van der Waals surface area (Å²) in [5, 5.41) is 5.45. The van der Waals surface area contributed by atoms with E-state index in [1.54, 1.807) is 32.2 Å². The maximum Gasteiger partial charge on any atom is 0.411 e. The first-order valence-corrected chi connectivity index (χ1v) is 15.4. The number of sulfonamides is 1. The van der Waals surface area contributed by atoms with E-state index in [4.69, 9.17) is 9.47 Å². The van der Waals surface area contributed by atoms with Crippen LogP contribution in [0.4, 0.5) is 16.2 Å². The van der Waals surface area contributed by atoms with Gasteiger partial charge in [-0.1, -0.05) is 90.4 Å². The number of amides is 1. The van der Waals surface area contributed by atoms with E-state index in [1.165, 1.54) is 70.6 Å². The number of rotatable bonds is 22. The van der Waals surface area contributed by atoms with Gasteiger partial charge < -0.3 is 9.47 Å². The summed E-state index contributed by atoms with van der Waals surface area (Å²) in [6, 6.07) is 4.75. The van der Waals surface area contributed by atoms with E-state index in [1.807, 2.05) is 0 Å². The lowest BCUT2D eigenvalue weighted by molar-refractivity contribution is 0.168. The molecule has 3 N–H and O–H groups in total. The molecule has 8 nitrogen and oxygen atoms in total. The number of hydrogen-bond donors (Lipinski definition) is 3. The Morgan fingerprint density at radius 2 is 1.39 bits per heavy atom. The van der Waals surface area contributed by atoms with Crippen LogP contribution in [-0.4, -0.2) is 40.6 Å². The Morgan fingerprint density at radius 1 is 0.833 bits per heavy atom. The average Bonchev–Trinajstić information content (AvgIpc) is 2.84. The zero-order chi connectivity index (χ0) is 26.5. The molecule has 36 heavy (non-hydrogen) atoms. The first-order valence-electron chi connectivity index (χ1n) is 13.8. The molecule has 0 aromatic heterocycles. The third-order valence-electron chi connectivity index (χ3n) is 5.91. The number of carbonyl (C=O) groups is 1. The minimum atomic E-state index is -3.51. The number of benzene rings is 1. The number of anilines is 2. The highest BCUT2D eigenvalue weighted by Crippen LogP contribution is 2.29. The Hall–Kier alpha value is -2.00. The molecule has 0 spiro atoms. The zero-order valence-electron chi connectivity index (χ0n) is 22.7. The predicted molar refractivity (Wildman–Crippen MR) is 149 cm³/mol. The van der Waals surface area contributed by atoms with Crippen molar-refractivity contribution in [2.75, 3.05) is 36.2 Å². The van der Waals surface area contributed by atoms with Gasteiger partial charge in [-0.15, -0.1) is 0 Å². The summed E-state index contributed by atoms with van der Waals surface area (Å²) in [7, 11) is -1.78. The molecule has 1 rings (SSSR count). The highest BCUT2D eigenvalue weighted by Gasteiger charge is 2.15. The topological polar surface area (TPSA) is 106 Å². The van der Waals surface area contributed by atoms with Gasteiger partial charge in [-0.3, -0.25) is 15.4 Å². The molecule has 0 saturated heterocycles. The maximum atomic E-state index is 12.6. The first-order chi connectivity index (χ1) is 17.4. The van der Waals surface area contributed by atoms with Crippen molar-refractivity contribution in [3.63, 3.8) is 0 Å². The molecule has 0 aliphatic carbocycles. The van der Waals surface area contributed by atoms with Gasteiger partial charge in [-0.2, -0.15) is 0 Å². The maximum absolute atomic E-state index is 12.6.